The van der Waals surface area contributed by atoms with Crippen LogP contribution in [0.5, 0.6) is 0 Å². The van der Waals surface area contributed by atoms with Gasteiger partial charge in [0.1, 0.15) is 0 Å². The van der Waals surface area contributed by atoms with Crippen molar-refractivity contribution in [3.63, 3.8) is 0 Å². The molecule has 1 N–H and O–H groups in total. The number of nitrogens with one attached hydrogen (secondary N) is 1. The van der Waals surface area contributed by atoms with Crippen LogP contribution >= 0.6 is 0 Å². The third kappa shape index (κ3) is 2.17. The molecular formula is C12H15N5O2. The van der Waals surface area contributed by atoms with Crippen LogP contribution in [0.4, 0.5) is 5.95 Å². The van der Waals surface area contributed by atoms with Gasteiger partial charge in [-0.05, 0) is 13.8 Å². The lowest BCUT2D eigenvalue weighted by atomic mass is 10.3. The zero-order valence-electron chi connectivity index (χ0n) is 10.9. The quantitative estimate of drug-likeness (QED) is 0.787. The van der Waals surface area contributed by atoms with E-state index in [9.17, 15) is 4.79 Å². The fourth-order valence-corrected chi connectivity index (χ4v) is 2.04. The molecule has 0 saturated carbocycles. The Bertz CT molecular complexity index is 676. The molecule has 0 aliphatic carbocycles. The lowest BCUT2D eigenvalue weighted by Crippen LogP contribution is -2.38. The molecule has 0 bridgehead atoms. The van der Waals surface area contributed by atoms with E-state index in [1.165, 1.54) is 0 Å². The number of aromatic amines is 1. The fourth-order valence-electron chi connectivity index (χ4n) is 2.04. The predicted octanol–water partition coefficient (Wildman–Crippen LogP) is 0.167. The maximum Gasteiger partial charge on any atom is 0.280 e. The van der Waals surface area contributed by atoms with Crippen molar-refractivity contribution in [2.45, 2.75) is 13.8 Å². The Morgan fingerprint density at radius 2 is 1.79 bits per heavy atom. The van der Waals surface area contributed by atoms with E-state index >= 15 is 0 Å². The van der Waals surface area contributed by atoms with Crippen LogP contribution in [-0.2, 0) is 4.74 Å². The number of morpholine rings is 1. The number of ether oxygens (including phenoxy) is 1. The summed E-state index contributed by atoms with van der Waals surface area (Å²) in [5.74, 6) is 0.540. The largest absolute Gasteiger partial charge is 0.378 e. The molecule has 1 fully saturated rings. The minimum Gasteiger partial charge on any atom is -0.378 e. The molecule has 1 saturated heterocycles. The lowest BCUT2D eigenvalue weighted by Gasteiger charge is -2.27. The maximum absolute atomic E-state index is 12.0. The van der Waals surface area contributed by atoms with Crippen molar-refractivity contribution in [1.82, 2.24) is 19.9 Å². The number of anilines is 1. The summed E-state index contributed by atoms with van der Waals surface area (Å²) in [6, 6.07) is 0. The molecule has 2 aromatic rings. The third-order valence-electron chi connectivity index (χ3n) is 3.25. The summed E-state index contributed by atoms with van der Waals surface area (Å²) in [5.41, 5.74) is 1.98. The molecule has 0 aromatic carbocycles. The number of nitrogens with zero attached hydrogens (tertiary/aromatic N) is 4. The van der Waals surface area contributed by atoms with Gasteiger partial charge in [-0.2, -0.15) is 4.98 Å². The number of aromatic nitrogens is 4. The van der Waals surface area contributed by atoms with Gasteiger partial charge in [0, 0.05) is 13.1 Å². The van der Waals surface area contributed by atoms with Crippen LogP contribution in [0.3, 0.4) is 0 Å². The Hall–Kier alpha value is -2.02. The van der Waals surface area contributed by atoms with Gasteiger partial charge in [0.05, 0.1) is 24.6 Å². The van der Waals surface area contributed by atoms with Gasteiger partial charge in [-0.25, -0.2) is 9.97 Å². The number of fused-ring (bicyclic) bond motifs is 1. The molecule has 7 nitrogen and oxygen atoms in total. The van der Waals surface area contributed by atoms with Crippen molar-refractivity contribution < 1.29 is 4.74 Å². The van der Waals surface area contributed by atoms with Crippen molar-refractivity contribution in [3.05, 3.63) is 21.7 Å². The second-order valence-electron chi connectivity index (χ2n) is 4.56. The molecular weight excluding hydrogens is 246 g/mol. The molecule has 1 aliphatic rings. The van der Waals surface area contributed by atoms with Crippen molar-refractivity contribution in [2.24, 2.45) is 0 Å². The first kappa shape index (κ1) is 12.0. The van der Waals surface area contributed by atoms with Gasteiger partial charge in [0.25, 0.3) is 5.56 Å². The molecule has 7 heteroatoms. The van der Waals surface area contributed by atoms with Gasteiger partial charge in [-0.3, -0.25) is 9.78 Å². The Morgan fingerprint density at radius 1 is 1.11 bits per heavy atom. The summed E-state index contributed by atoms with van der Waals surface area (Å²) >= 11 is 0. The average Bonchev–Trinajstić information content (AvgIpc) is 2.42. The summed E-state index contributed by atoms with van der Waals surface area (Å²) in [7, 11) is 0. The van der Waals surface area contributed by atoms with Crippen molar-refractivity contribution in [3.8, 4) is 0 Å². The number of H-pyrrole nitrogens is 1. The smallest absolute Gasteiger partial charge is 0.280 e. The SMILES string of the molecule is Cc1nc2nc(N3CCOCC3)[nH]c(=O)c2nc1C. The van der Waals surface area contributed by atoms with Gasteiger partial charge in [-0.1, -0.05) is 0 Å². The Morgan fingerprint density at radius 3 is 2.53 bits per heavy atom. The van der Waals surface area contributed by atoms with Crippen LogP contribution in [0.2, 0.25) is 0 Å². The van der Waals surface area contributed by atoms with Crippen molar-refractivity contribution >= 4 is 17.1 Å². The highest BCUT2D eigenvalue weighted by Gasteiger charge is 2.16. The van der Waals surface area contributed by atoms with Gasteiger partial charge >= 0.3 is 0 Å². The minimum atomic E-state index is -0.248. The molecule has 0 radical (unpaired) electrons. The van der Waals surface area contributed by atoms with E-state index < -0.39 is 0 Å². The van der Waals surface area contributed by atoms with E-state index in [4.69, 9.17) is 4.74 Å². The third-order valence-corrected chi connectivity index (χ3v) is 3.25. The molecule has 100 valence electrons. The second-order valence-corrected chi connectivity index (χ2v) is 4.56. The van der Waals surface area contributed by atoms with Crippen LogP contribution in [0, 0.1) is 13.8 Å². The van der Waals surface area contributed by atoms with E-state index in [2.05, 4.69) is 19.9 Å². The molecule has 0 unspecified atom stereocenters. The summed E-state index contributed by atoms with van der Waals surface area (Å²) in [4.78, 5) is 29.8. The molecule has 2 aromatic heterocycles. The van der Waals surface area contributed by atoms with Crippen LogP contribution < -0.4 is 10.5 Å². The highest BCUT2D eigenvalue weighted by atomic mass is 16.5. The van der Waals surface area contributed by atoms with Crippen molar-refractivity contribution in [1.29, 1.82) is 0 Å². The Labute approximate surface area is 109 Å². The normalized spacial score (nSPS) is 16.0. The van der Waals surface area contributed by atoms with Crippen LogP contribution in [0.1, 0.15) is 11.4 Å². The predicted molar refractivity (Wildman–Crippen MR) is 70.5 cm³/mol. The van der Waals surface area contributed by atoms with Crippen LogP contribution in [0.15, 0.2) is 4.79 Å². The topological polar surface area (TPSA) is 84.0 Å². The maximum atomic E-state index is 12.0. The van der Waals surface area contributed by atoms with Gasteiger partial charge in [0.2, 0.25) is 5.95 Å². The molecule has 0 spiro atoms. The van der Waals surface area contributed by atoms with Gasteiger partial charge < -0.3 is 9.64 Å². The minimum absolute atomic E-state index is 0.248. The fraction of sp³-hybridized carbons (Fsp3) is 0.500. The average molecular weight is 261 g/mol. The lowest BCUT2D eigenvalue weighted by molar-refractivity contribution is 0.122. The van der Waals surface area contributed by atoms with E-state index in [-0.39, 0.29) is 5.56 Å². The van der Waals surface area contributed by atoms with E-state index in [1.54, 1.807) is 0 Å². The summed E-state index contributed by atoms with van der Waals surface area (Å²) in [5, 5.41) is 0. The Kier molecular flexibility index (Phi) is 2.90. The molecule has 3 rings (SSSR count). The first-order chi connectivity index (χ1) is 9.15. The molecule has 0 amide bonds. The molecule has 3 heterocycles. The standard InChI is InChI=1S/C12H15N5O2/c1-7-8(2)14-10-9(13-7)11(18)16-12(15-10)17-3-5-19-6-4-17/h3-6H2,1-2H3,(H,14,15,16,18). The molecule has 1 aliphatic heterocycles. The number of aryl methyl sites for hydroxylation is 2. The first-order valence-corrected chi connectivity index (χ1v) is 6.23. The molecule has 0 atom stereocenters. The van der Waals surface area contributed by atoms with E-state index in [1.807, 2.05) is 18.7 Å². The highest BCUT2D eigenvalue weighted by Crippen LogP contribution is 2.12. The van der Waals surface area contributed by atoms with Gasteiger partial charge in [-0.15, -0.1) is 0 Å². The summed E-state index contributed by atoms with van der Waals surface area (Å²) in [6.07, 6.45) is 0. The van der Waals surface area contributed by atoms with Crippen molar-refractivity contribution in [2.75, 3.05) is 31.2 Å². The van der Waals surface area contributed by atoms with E-state index in [0.717, 1.165) is 11.4 Å². The Balaban J connectivity index is 2.13. The van der Waals surface area contributed by atoms with Gasteiger partial charge in [0.15, 0.2) is 11.2 Å². The number of rotatable bonds is 1. The first-order valence-electron chi connectivity index (χ1n) is 6.23. The molecule has 19 heavy (non-hydrogen) atoms. The summed E-state index contributed by atoms with van der Waals surface area (Å²) < 4.78 is 5.28. The number of hydrogen-bond acceptors (Lipinski definition) is 6. The van der Waals surface area contributed by atoms with E-state index in [0.29, 0.717) is 43.4 Å². The van der Waals surface area contributed by atoms with Crippen LogP contribution in [0.25, 0.3) is 11.2 Å². The number of hydrogen-bond donors (Lipinski definition) is 1. The zero-order valence-corrected chi connectivity index (χ0v) is 10.9. The second kappa shape index (κ2) is 4.58. The highest BCUT2D eigenvalue weighted by molar-refractivity contribution is 5.70. The monoisotopic (exact) mass is 261 g/mol. The summed E-state index contributed by atoms with van der Waals surface area (Å²) in [6.45, 7) is 6.40. The van der Waals surface area contributed by atoms with Crippen LogP contribution in [-0.4, -0.2) is 46.2 Å². The zero-order chi connectivity index (χ0) is 13.4.